The topological polar surface area (TPSA) is 53.4 Å². The second-order valence-corrected chi connectivity index (χ2v) is 9.64. The van der Waals surface area contributed by atoms with Gasteiger partial charge in [-0.1, -0.05) is 30.3 Å². The second kappa shape index (κ2) is 9.02. The van der Waals surface area contributed by atoms with Crippen molar-refractivity contribution in [1.82, 2.24) is 20.0 Å². The van der Waals surface area contributed by atoms with E-state index in [4.69, 9.17) is 5.10 Å². The van der Waals surface area contributed by atoms with Gasteiger partial charge in [0.25, 0.3) is 5.91 Å². The quantitative estimate of drug-likeness (QED) is 0.630. The molecular weight excluding hydrogens is 410 g/mol. The molecule has 3 saturated heterocycles. The Hall–Kier alpha value is -3.12. The molecule has 1 N–H and O–H groups in total. The van der Waals surface area contributed by atoms with E-state index in [0.717, 1.165) is 36.5 Å². The zero-order valence-corrected chi connectivity index (χ0v) is 19.7. The Morgan fingerprint density at radius 1 is 1.12 bits per heavy atom. The van der Waals surface area contributed by atoms with Gasteiger partial charge >= 0.3 is 0 Å². The number of hydrogen-bond donors (Lipinski definition) is 1. The number of benzene rings is 2. The van der Waals surface area contributed by atoms with Crippen LogP contribution in [0.3, 0.4) is 0 Å². The van der Waals surface area contributed by atoms with E-state index in [-0.39, 0.29) is 5.91 Å². The molecule has 172 valence electrons. The Morgan fingerprint density at radius 2 is 1.88 bits per heavy atom. The molecule has 33 heavy (non-hydrogen) atoms. The third-order valence-corrected chi connectivity index (χ3v) is 7.39. The van der Waals surface area contributed by atoms with E-state index < -0.39 is 0 Å². The molecule has 0 saturated carbocycles. The van der Waals surface area contributed by atoms with Gasteiger partial charge in [0.2, 0.25) is 0 Å². The fraction of sp³-hybridized carbons (Fsp3) is 0.407. The number of anilines is 1. The summed E-state index contributed by atoms with van der Waals surface area (Å²) in [7, 11) is 6.07. The Balaban J connectivity index is 1.22. The smallest absolute Gasteiger partial charge is 0.251 e. The van der Waals surface area contributed by atoms with Gasteiger partial charge in [-0.3, -0.25) is 14.4 Å². The monoisotopic (exact) mass is 443 g/mol. The first-order chi connectivity index (χ1) is 16.0. The molecule has 0 radical (unpaired) electrons. The molecule has 2 bridgehead atoms. The van der Waals surface area contributed by atoms with Crippen LogP contribution in [0, 0.1) is 5.92 Å². The molecule has 6 heteroatoms. The summed E-state index contributed by atoms with van der Waals surface area (Å²) < 4.78 is 2.07. The molecule has 3 aromatic rings. The predicted octanol–water partition coefficient (Wildman–Crippen LogP) is 3.76. The maximum Gasteiger partial charge on any atom is 0.251 e. The van der Waals surface area contributed by atoms with Crippen molar-refractivity contribution in [3.8, 4) is 11.3 Å². The highest BCUT2D eigenvalue weighted by atomic mass is 16.1. The fourth-order valence-corrected chi connectivity index (χ4v) is 5.49. The van der Waals surface area contributed by atoms with E-state index >= 15 is 0 Å². The Labute approximate surface area is 196 Å². The Kier molecular flexibility index (Phi) is 5.94. The molecule has 3 aliphatic heterocycles. The minimum Gasteiger partial charge on any atom is -0.378 e. The highest BCUT2D eigenvalue weighted by Gasteiger charge is 2.41. The summed E-state index contributed by atoms with van der Waals surface area (Å²) in [6.07, 6.45) is 2.34. The first-order valence-electron chi connectivity index (χ1n) is 11.9. The van der Waals surface area contributed by atoms with Gasteiger partial charge in [-0.25, -0.2) is 0 Å². The van der Waals surface area contributed by atoms with Crippen LogP contribution in [0.1, 0.15) is 34.8 Å². The van der Waals surface area contributed by atoms with Gasteiger partial charge in [0.05, 0.1) is 5.69 Å². The SMILES string of the molecule is CN(C)c1ccc(C(=O)NCC2CC3CCN2CC3c2cc(-c3ccccc3)nn2C)cc1. The van der Waals surface area contributed by atoms with Crippen LogP contribution in [0.2, 0.25) is 0 Å². The van der Waals surface area contributed by atoms with E-state index in [1.165, 1.54) is 17.7 Å². The zero-order valence-electron chi connectivity index (χ0n) is 19.7. The molecule has 6 nitrogen and oxygen atoms in total. The lowest BCUT2D eigenvalue weighted by atomic mass is 9.74. The normalized spacial score (nSPS) is 24.0. The molecule has 3 aliphatic rings. The van der Waals surface area contributed by atoms with Gasteiger partial charge < -0.3 is 10.2 Å². The number of nitrogens with one attached hydrogen (secondary N) is 1. The first kappa shape index (κ1) is 21.7. The molecule has 1 amide bonds. The van der Waals surface area contributed by atoms with Gasteiger partial charge in [-0.2, -0.15) is 5.10 Å². The number of fused-ring (bicyclic) bond motifs is 3. The zero-order chi connectivity index (χ0) is 22.9. The first-order valence-corrected chi connectivity index (χ1v) is 11.9. The van der Waals surface area contributed by atoms with E-state index in [9.17, 15) is 4.79 Å². The number of aryl methyl sites for hydroxylation is 1. The van der Waals surface area contributed by atoms with Crippen molar-refractivity contribution in [2.24, 2.45) is 13.0 Å². The highest BCUT2D eigenvalue weighted by molar-refractivity contribution is 5.94. The van der Waals surface area contributed by atoms with Crippen LogP contribution in [0.5, 0.6) is 0 Å². The summed E-state index contributed by atoms with van der Waals surface area (Å²) >= 11 is 0. The van der Waals surface area contributed by atoms with E-state index in [1.54, 1.807) is 0 Å². The number of rotatable bonds is 6. The minimum absolute atomic E-state index is 0.0126. The van der Waals surface area contributed by atoms with E-state index in [0.29, 0.717) is 24.4 Å². The summed E-state index contributed by atoms with van der Waals surface area (Å²) in [6, 6.07) is 20.9. The number of nitrogens with zero attached hydrogens (tertiary/aromatic N) is 4. The van der Waals surface area contributed by atoms with Gasteiger partial charge in [-0.05, 0) is 55.6 Å². The Bertz CT molecular complexity index is 1110. The number of carbonyl (C=O) groups excluding carboxylic acids is 1. The van der Waals surface area contributed by atoms with E-state index in [2.05, 4.69) is 52.3 Å². The molecular formula is C27H33N5O. The van der Waals surface area contributed by atoms with Crippen molar-refractivity contribution in [3.05, 3.63) is 71.9 Å². The minimum atomic E-state index is 0.0126. The fourth-order valence-electron chi connectivity index (χ4n) is 5.49. The summed E-state index contributed by atoms with van der Waals surface area (Å²) in [5.41, 5.74) is 5.36. The average Bonchev–Trinajstić information content (AvgIpc) is 3.25. The molecule has 4 heterocycles. The summed E-state index contributed by atoms with van der Waals surface area (Å²) in [5, 5.41) is 7.99. The molecule has 4 atom stereocenters. The molecule has 0 spiro atoms. The number of hydrogen-bond acceptors (Lipinski definition) is 4. The number of piperidine rings is 3. The standard InChI is InChI=1S/C27H33N5O/c1-30(2)22-11-9-20(10-12-22)27(33)28-17-23-15-21-13-14-32(23)18-24(21)26-16-25(29-31(26)3)19-7-5-4-6-8-19/h4-12,16,21,23-24H,13-15,17-18H2,1-3H3,(H,28,33). The van der Waals surface area contributed by atoms with E-state index in [1.807, 2.05) is 49.3 Å². The number of carbonyl (C=O) groups is 1. The molecule has 0 aliphatic carbocycles. The third kappa shape index (κ3) is 4.40. The Morgan fingerprint density at radius 3 is 2.55 bits per heavy atom. The lowest BCUT2D eigenvalue weighted by molar-refractivity contribution is 0.0280. The predicted molar refractivity (Wildman–Crippen MR) is 133 cm³/mol. The van der Waals surface area contributed by atoms with Crippen LogP contribution in [-0.4, -0.2) is 60.4 Å². The average molecular weight is 444 g/mol. The van der Waals surface area contributed by atoms with Gasteiger partial charge in [-0.15, -0.1) is 0 Å². The maximum atomic E-state index is 12.7. The van der Waals surface area contributed by atoms with Crippen LogP contribution in [0.15, 0.2) is 60.7 Å². The van der Waals surface area contributed by atoms with Gasteiger partial charge in [0, 0.05) is 68.7 Å². The van der Waals surface area contributed by atoms with Crippen molar-refractivity contribution >= 4 is 11.6 Å². The van der Waals surface area contributed by atoms with Crippen LogP contribution in [0.4, 0.5) is 5.69 Å². The van der Waals surface area contributed by atoms with Gasteiger partial charge in [0.15, 0.2) is 0 Å². The second-order valence-electron chi connectivity index (χ2n) is 9.64. The third-order valence-electron chi connectivity index (χ3n) is 7.39. The molecule has 3 fully saturated rings. The summed E-state index contributed by atoms with van der Waals surface area (Å²) in [6.45, 7) is 2.86. The number of aromatic nitrogens is 2. The van der Waals surface area contributed by atoms with Crippen molar-refractivity contribution < 1.29 is 4.79 Å². The lowest BCUT2D eigenvalue weighted by Crippen LogP contribution is -2.56. The summed E-state index contributed by atoms with van der Waals surface area (Å²) in [5.74, 6) is 1.15. The molecule has 4 unspecified atom stereocenters. The lowest BCUT2D eigenvalue weighted by Gasteiger charge is -2.50. The van der Waals surface area contributed by atoms with Crippen molar-refractivity contribution in [1.29, 1.82) is 0 Å². The van der Waals surface area contributed by atoms with Crippen molar-refractivity contribution in [3.63, 3.8) is 0 Å². The molecule has 2 aromatic carbocycles. The van der Waals surface area contributed by atoms with Crippen LogP contribution in [-0.2, 0) is 7.05 Å². The van der Waals surface area contributed by atoms with Gasteiger partial charge in [0.1, 0.15) is 0 Å². The van der Waals surface area contributed by atoms with Crippen molar-refractivity contribution in [2.45, 2.75) is 24.8 Å². The van der Waals surface area contributed by atoms with Crippen LogP contribution in [0.25, 0.3) is 11.3 Å². The number of amides is 1. The molecule has 6 rings (SSSR count). The van der Waals surface area contributed by atoms with Crippen molar-refractivity contribution in [2.75, 3.05) is 38.6 Å². The summed E-state index contributed by atoms with van der Waals surface area (Å²) in [4.78, 5) is 17.3. The molecule has 1 aromatic heterocycles. The largest absolute Gasteiger partial charge is 0.378 e. The highest BCUT2D eigenvalue weighted by Crippen LogP contribution is 2.42. The maximum absolute atomic E-state index is 12.7. The van der Waals surface area contributed by atoms with Crippen LogP contribution < -0.4 is 10.2 Å². The van der Waals surface area contributed by atoms with Crippen LogP contribution >= 0.6 is 0 Å².